The van der Waals surface area contributed by atoms with Crippen molar-refractivity contribution < 1.29 is 34.8 Å². The van der Waals surface area contributed by atoms with Gasteiger partial charge < -0.3 is 0 Å². The van der Waals surface area contributed by atoms with Gasteiger partial charge in [0.15, 0.2) is 0 Å². The third kappa shape index (κ3) is 4.79. The van der Waals surface area contributed by atoms with Crippen LogP contribution in [-0.4, -0.2) is 26.2 Å². The first-order chi connectivity index (χ1) is 21.9. The second-order valence-corrected chi connectivity index (χ2v) is 18.3. The highest BCUT2D eigenvalue weighted by Crippen LogP contribution is 2.65. The highest BCUT2D eigenvalue weighted by Gasteiger charge is 2.81. The van der Waals surface area contributed by atoms with E-state index in [0.29, 0.717) is 10.5 Å². The van der Waals surface area contributed by atoms with Crippen LogP contribution < -0.4 is 0 Å². The molecule has 0 atom stereocenters. The predicted octanol–water partition coefficient (Wildman–Crippen LogP) is 11.9. The van der Waals surface area contributed by atoms with Gasteiger partial charge in [0.2, 0.25) is 9.84 Å². The number of alkyl halides is 6. The lowest BCUT2D eigenvalue weighted by Crippen LogP contribution is -2.49. The average molecular weight is 739 g/mol. The van der Waals surface area contributed by atoms with Crippen LogP contribution in [0.1, 0.15) is 39.8 Å². The van der Waals surface area contributed by atoms with Gasteiger partial charge in [-0.2, -0.15) is 26.3 Å². The first kappa shape index (κ1) is 32.6. The number of thiophene rings is 4. The number of halogens is 6. The SMILES string of the molecule is CC1=C(C2=C(C3=C(C)C=C(c4ccc(-c5ccc(C)s5)s4)S3(=O)=O)C(F)(F)C(F)(F)C2(F)F)CC(c2ccc(-c3ccc(C)s3)s2)=C1. The second kappa shape index (κ2) is 10.8. The Bertz CT molecular complexity index is 2260. The Morgan fingerprint density at radius 2 is 1.04 bits per heavy atom. The molecule has 5 heterocycles. The monoisotopic (exact) mass is 738 g/mol. The van der Waals surface area contributed by atoms with E-state index in [4.69, 9.17) is 0 Å². The summed E-state index contributed by atoms with van der Waals surface area (Å²) in [7, 11) is -4.91. The van der Waals surface area contributed by atoms with Gasteiger partial charge in [-0.25, -0.2) is 8.42 Å². The van der Waals surface area contributed by atoms with E-state index in [0.717, 1.165) is 46.7 Å². The summed E-state index contributed by atoms with van der Waals surface area (Å²) in [5.41, 5.74) is -3.58. The maximum atomic E-state index is 15.8. The van der Waals surface area contributed by atoms with E-state index >= 15 is 26.3 Å². The fourth-order valence-corrected chi connectivity index (χ4v) is 12.3. The van der Waals surface area contributed by atoms with Crippen LogP contribution in [0.3, 0.4) is 0 Å². The summed E-state index contributed by atoms with van der Waals surface area (Å²) in [5, 5.41) is 0. The van der Waals surface area contributed by atoms with Gasteiger partial charge in [0.25, 0.3) is 0 Å². The minimum atomic E-state index is -5.87. The zero-order valence-electron chi connectivity index (χ0n) is 25.1. The Kier molecular flexibility index (Phi) is 7.46. The van der Waals surface area contributed by atoms with Crippen LogP contribution >= 0.6 is 45.3 Å². The van der Waals surface area contributed by atoms with Gasteiger partial charge in [-0.15, -0.1) is 45.3 Å². The summed E-state index contributed by atoms with van der Waals surface area (Å²) < 4.78 is 122. The lowest BCUT2D eigenvalue weighted by molar-refractivity contribution is -0.263. The molecule has 4 aromatic heterocycles. The van der Waals surface area contributed by atoms with E-state index in [1.54, 1.807) is 23.5 Å². The molecule has 0 saturated heterocycles. The number of rotatable bonds is 6. The van der Waals surface area contributed by atoms with Gasteiger partial charge in [0, 0.05) is 44.6 Å². The molecule has 13 heteroatoms. The minimum Gasteiger partial charge on any atom is -0.218 e. The van der Waals surface area contributed by atoms with Crippen molar-refractivity contribution in [3.05, 3.63) is 113 Å². The van der Waals surface area contributed by atoms with Crippen LogP contribution in [0.5, 0.6) is 0 Å². The van der Waals surface area contributed by atoms with Crippen molar-refractivity contribution >= 4 is 65.7 Å². The van der Waals surface area contributed by atoms with Gasteiger partial charge in [-0.3, -0.25) is 0 Å². The fraction of sp³-hybridized carbons (Fsp3) is 0.235. The Hall–Kier alpha value is -2.97. The molecule has 2 aliphatic carbocycles. The molecule has 0 spiro atoms. The van der Waals surface area contributed by atoms with Crippen LogP contribution in [0, 0.1) is 13.8 Å². The minimum absolute atomic E-state index is 0.0959. The molecular weight excluding hydrogens is 715 g/mol. The summed E-state index contributed by atoms with van der Waals surface area (Å²) >= 11 is 5.52. The largest absolute Gasteiger partial charge is 0.380 e. The van der Waals surface area contributed by atoms with Gasteiger partial charge in [0.1, 0.15) is 0 Å². The Morgan fingerprint density at radius 3 is 1.60 bits per heavy atom. The van der Waals surface area contributed by atoms with Crippen LogP contribution in [0.4, 0.5) is 26.3 Å². The second-order valence-electron chi connectivity index (χ2n) is 11.7. The molecule has 0 unspecified atom stereocenters. The number of sulfone groups is 1. The molecule has 0 fully saturated rings. The highest BCUT2D eigenvalue weighted by molar-refractivity contribution is 8.05. The van der Waals surface area contributed by atoms with E-state index in [9.17, 15) is 8.42 Å². The third-order valence-electron chi connectivity index (χ3n) is 8.43. The molecule has 1 aliphatic heterocycles. The Labute approximate surface area is 283 Å². The lowest BCUT2D eigenvalue weighted by Gasteiger charge is -2.26. The standard InChI is InChI=1S/C34H24F6O2S5/c1-16-13-20(22-9-10-25(45-22)23-7-5-18(3)43-23)15-21(16)29-30(33(37,38)34(39,40)32(29,35)36)31-17(2)14-28(47(31,41)42)27-12-11-26(46-27)24-8-6-19(4)44-24/h5-14H,15H2,1-4H3. The normalized spacial score (nSPS) is 21.3. The topological polar surface area (TPSA) is 34.1 Å². The zero-order chi connectivity index (χ0) is 33.8. The summed E-state index contributed by atoms with van der Waals surface area (Å²) in [6.07, 6.45) is 2.29. The molecule has 2 nitrogen and oxygen atoms in total. The van der Waals surface area contributed by atoms with Crippen molar-refractivity contribution in [3.63, 3.8) is 0 Å². The smallest absolute Gasteiger partial charge is 0.218 e. The molecule has 7 rings (SSSR count). The summed E-state index contributed by atoms with van der Waals surface area (Å²) in [6.45, 7) is 6.44. The Morgan fingerprint density at radius 1 is 0.574 bits per heavy atom. The molecule has 0 radical (unpaired) electrons. The van der Waals surface area contributed by atoms with E-state index < -0.39 is 49.2 Å². The average Bonchev–Trinajstić information content (AvgIpc) is 3.82. The van der Waals surface area contributed by atoms with Crippen LogP contribution in [-0.2, 0) is 9.84 Å². The van der Waals surface area contributed by atoms with Gasteiger partial charge in [-0.05, 0) is 111 Å². The summed E-state index contributed by atoms with van der Waals surface area (Å²) in [4.78, 5) is 4.91. The summed E-state index contributed by atoms with van der Waals surface area (Å²) in [6, 6.07) is 14.5. The molecular formula is C34H24F6O2S5. The molecule has 0 bridgehead atoms. The van der Waals surface area contributed by atoms with E-state index in [1.807, 2.05) is 44.2 Å². The van der Waals surface area contributed by atoms with Crippen molar-refractivity contribution in [2.45, 2.75) is 51.9 Å². The van der Waals surface area contributed by atoms with Crippen LogP contribution in [0.25, 0.3) is 30.0 Å². The fourth-order valence-electron chi connectivity index (χ4n) is 6.17. The van der Waals surface area contributed by atoms with Gasteiger partial charge in [0.05, 0.1) is 15.4 Å². The maximum absolute atomic E-state index is 15.8. The number of hydrogen-bond donors (Lipinski definition) is 0. The van der Waals surface area contributed by atoms with E-state index in [1.165, 1.54) is 48.7 Å². The third-order valence-corrected chi connectivity index (χ3v) is 15.2. The van der Waals surface area contributed by atoms with Gasteiger partial charge >= 0.3 is 17.8 Å². The number of aryl methyl sites for hydroxylation is 2. The van der Waals surface area contributed by atoms with Crippen LogP contribution in [0.2, 0.25) is 0 Å². The molecule has 3 aliphatic rings. The van der Waals surface area contributed by atoms with Crippen molar-refractivity contribution in [2.75, 3.05) is 0 Å². The molecule has 0 N–H and O–H groups in total. The lowest BCUT2D eigenvalue weighted by atomic mass is 9.93. The molecule has 0 aromatic carbocycles. The quantitative estimate of drug-likeness (QED) is 0.185. The van der Waals surface area contributed by atoms with Crippen molar-refractivity contribution in [1.82, 2.24) is 0 Å². The predicted molar refractivity (Wildman–Crippen MR) is 181 cm³/mol. The van der Waals surface area contributed by atoms with Crippen molar-refractivity contribution in [2.24, 2.45) is 0 Å². The molecule has 47 heavy (non-hydrogen) atoms. The number of allylic oxidation sites excluding steroid dienone is 8. The highest BCUT2D eigenvalue weighted by atomic mass is 32.2. The molecule has 244 valence electrons. The molecule has 0 amide bonds. The molecule has 0 saturated carbocycles. The number of hydrogen-bond acceptors (Lipinski definition) is 6. The first-order valence-electron chi connectivity index (χ1n) is 14.3. The zero-order valence-corrected chi connectivity index (χ0v) is 29.2. The van der Waals surface area contributed by atoms with Crippen molar-refractivity contribution in [3.8, 4) is 19.5 Å². The summed E-state index contributed by atoms with van der Waals surface area (Å²) in [5.74, 6) is -16.7. The van der Waals surface area contributed by atoms with Crippen LogP contribution in [0.15, 0.2) is 93.5 Å². The maximum Gasteiger partial charge on any atom is 0.380 e. The molecule has 4 aromatic rings. The van der Waals surface area contributed by atoms with Crippen molar-refractivity contribution in [1.29, 1.82) is 0 Å². The van der Waals surface area contributed by atoms with E-state index in [2.05, 4.69) is 0 Å². The van der Waals surface area contributed by atoms with E-state index in [-0.39, 0.29) is 27.3 Å². The Balaban J connectivity index is 1.31. The van der Waals surface area contributed by atoms with Gasteiger partial charge in [-0.1, -0.05) is 6.08 Å². The first-order valence-corrected chi connectivity index (χ1v) is 19.0.